The molecule has 3 aromatic carbocycles. The number of carbonyl (C=O) groups excluding carboxylic acids is 2. The Bertz CT molecular complexity index is 1000. The second kappa shape index (κ2) is 10.5. The number of carbonyl (C=O) groups is 2. The summed E-state index contributed by atoms with van der Waals surface area (Å²) in [6.07, 6.45) is 0. The van der Waals surface area contributed by atoms with Crippen molar-refractivity contribution in [3.8, 4) is 5.75 Å². The largest absolute Gasteiger partial charge is 0.495 e. The topological polar surface area (TPSA) is 67.4 Å². The monoisotopic (exact) mass is 420 g/mol. The molecule has 0 heterocycles. The van der Waals surface area contributed by atoms with E-state index in [0.717, 1.165) is 16.8 Å². The average molecular weight is 421 g/mol. The summed E-state index contributed by atoms with van der Waals surface area (Å²) in [6.45, 7) is 1.97. The molecule has 5 nitrogen and oxygen atoms in total. The Morgan fingerprint density at radius 3 is 2.37 bits per heavy atom. The summed E-state index contributed by atoms with van der Waals surface area (Å²) in [5.74, 6) is 1.42. The maximum absolute atomic E-state index is 12.3. The molecule has 3 aromatic rings. The van der Waals surface area contributed by atoms with Crippen LogP contribution in [0.4, 0.5) is 11.4 Å². The Labute approximate surface area is 180 Å². The normalized spacial score (nSPS) is 10.3. The number of ether oxygens (including phenoxy) is 1. The minimum Gasteiger partial charge on any atom is -0.495 e. The van der Waals surface area contributed by atoms with E-state index in [9.17, 15) is 9.59 Å². The van der Waals surface area contributed by atoms with Gasteiger partial charge >= 0.3 is 0 Å². The van der Waals surface area contributed by atoms with Gasteiger partial charge in [0.2, 0.25) is 5.91 Å². The highest BCUT2D eigenvalue weighted by atomic mass is 32.2. The molecule has 0 aliphatic carbocycles. The van der Waals surface area contributed by atoms with E-state index in [1.807, 2.05) is 67.6 Å². The van der Waals surface area contributed by atoms with Crippen molar-refractivity contribution in [3.05, 3.63) is 89.5 Å². The first-order chi connectivity index (χ1) is 14.5. The van der Waals surface area contributed by atoms with Crippen LogP contribution in [0.1, 0.15) is 21.5 Å². The molecule has 0 aromatic heterocycles. The van der Waals surface area contributed by atoms with Gasteiger partial charge in [-0.05, 0) is 54.4 Å². The van der Waals surface area contributed by atoms with Gasteiger partial charge in [-0.15, -0.1) is 11.8 Å². The van der Waals surface area contributed by atoms with Crippen molar-refractivity contribution in [1.29, 1.82) is 0 Å². The molecule has 0 aliphatic heterocycles. The highest BCUT2D eigenvalue weighted by Gasteiger charge is 2.09. The van der Waals surface area contributed by atoms with Crippen molar-refractivity contribution >= 4 is 35.0 Å². The quantitative estimate of drug-likeness (QED) is 0.530. The van der Waals surface area contributed by atoms with Gasteiger partial charge in [-0.25, -0.2) is 0 Å². The second-order valence-corrected chi connectivity index (χ2v) is 7.75. The molecule has 0 atom stereocenters. The molecule has 3 rings (SSSR count). The molecule has 0 saturated heterocycles. The first-order valence-corrected chi connectivity index (χ1v) is 10.7. The van der Waals surface area contributed by atoms with E-state index in [1.54, 1.807) is 19.2 Å². The minimum atomic E-state index is -0.146. The number of methoxy groups -OCH3 is 1. The van der Waals surface area contributed by atoms with Crippen molar-refractivity contribution in [3.63, 3.8) is 0 Å². The average Bonchev–Trinajstić information content (AvgIpc) is 2.75. The number of thioether (sulfide) groups is 1. The van der Waals surface area contributed by atoms with Gasteiger partial charge in [0.15, 0.2) is 0 Å². The Kier molecular flexibility index (Phi) is 7.51. The summed E-state index contributed by atoms with van der Waals surface area (Å²) in [7, 11) is 1.58. The lowest BCUT2D eigenvalue weighted by atomic mass is 10.1. The minimum absolute atomic E-state index is 0.0808. The number of hydrogen-bond acceptors (Lipinski definition) is 4. The van der Waals surface area contributed by atoms with Crippen LogP contribution in [0.15, 0.2) is 72.8 Å². The van der Waals surface area contributed by atoms with Gasteiger partial charge in [0.25, 0.3) is 5.91 Å². The smallest absolute Gasteiger partial charge is 0.255 e. The number of amides is 2. The first-order valence-electron chi connectivity index (χ1n) is 9.53. The number of benzene rings is 3. The van der Waals surface area contributed by atoms with Gasteiger partial charge in [0, 0.05) is 17.0 Å². The summed E-state index contributed by atoms with van der Waals surface area (Å²) in [5.41, 5.74) is 4.14. The van der Waals surface area contributed by atoms with Crippen molar-refractivity contribution in [2.45, 2.75) is 12.7 Å². The molecule has 30 heavy (non-hydrogen) atoms. The summed E-state index contributed by atoms with van der Waals surface area (Å²) >= 11 is 1.51. The van der Waals surface area contributed by atoms with Gasteiger partial charge in [-0.3, -0.25) is 9.59 Å². The highest BCUT2D eigenvalue weighted by molar-refractivity contribution is 7.99. The Morgan fingerprint density at radius 1 is 0.933 bits per heavy atom. The van der Waals surface area contributed by atoms with Crippen LogP contribution >= 0.6 is 11.8 Å². The summed E-state index contributed by atoms with van der Waals surface area (Å²) < 4.78 is 5.29. The number of para-hydroxylation sites is 1. The van der Waals surface area contributed by atoms with Crippen LogP contribution in [0.3, 0.4) is 0 Å². The number of nitrogens with one attached hydrogen (secondary N) is 2. The third-order valence-corrected chi connectivity index (χ3v) is 5.38. The van der Waals surface area contributed by atoms with Gasteiger partial charge < -0.3 is 15.4 Å². The van der Waals surface area contributed by atoms with E-state index in [4.69, 9.17) is 4.74 Å². The van der Waals surface area contributed by atoms with E-state index in [1.165, 1.54) is 11.8 Å². The SMILES string of the molecule is COc1ccc(C)cc1NC(=O)CSCc1ccc(C(=O)Nc2ccccc2)cc1. The van der Waals surface area contributed by atoms with Gasteiger partial charge in [0.05, 0.1) is 18.6 Å². The molecule has 0 saturated carbocycles. The molecule has 154 valence electrons. The zero-order valence-electron chi connectivity index (χ0n) is 17.0. The fraction of sp³-hybridized carbons (Fsp3) is 0.167. The molecular weight excluding hydrogens is 396 g/mol. The van der Waals surface area contributed by atoms with Crippen LogP contribution in [0, 0.1) is 6.92 Å². The van der Waals surface area contributed by atoms with Crippen LogP contribution in [-0.4, -0.2) is 24.7 Å². The standard InChI is InChI=1S/C24H24N2O3S/c1-17-8-13-22(29-2)21(14-17)26-23(27)16-30-15-18-9-11-19(12-10-18)24(28)25-20-6-4-3-5-7-20/h3-14H,15-16H2,1-2H3,(H,25,28)(H,26,27). The summed E-state index contributed by atoms with van der Waals surface area (Å²) in [5, 5.41) is 5.76. The van der Waals surface area contributed by atoms with E-state index >= 15 is 0 Å². The predicted octanol–water partition coefficient (Wildman–Crippen LogP) is 5.13. The third kappa shape index (κ3) is 6.12. The van der Waals surface area contributed by atoms with E-state index < -0.39 is 0 Å². The van der Waals surface area contributed by atoms with Gasteiger partial charge in [-0.1, -0.05) is 36.4 Å². The molecule has 6 heteroatoms. The lowest BCUT2D eigenvalue weighted by molar-refractivity contribution is -0.113. The Balaban J connectivity index is 1.48. The number of rotatable bonds is 8. The van der Waals surface area contributed by atoms with Crippen LogP contribution in [-0.2, 0) is 10.5 Å². The highest BCUT2D eigenvalue weighted by Crippen LogP contribution is 2.25. The van der Waals surface area contributed by atoms with Crippen molar-refractivity contribution in [1.82, 2.24) is 0 Å². The molecular formula is C24H24N2O3S. The Morgan fingerprint density at radius 2 is 1.67 bits per heavy atom. The molecule has 2 N–H and O–H groups in total. The predicted molar refractivity (Wildman–Crippen MR) is 123 cm³/mol. The van der Waals surface area contributed by atoms with Gasteiger partial charge in [-0.2, -0.15) is 0 Å². The molecule has 0 aliphatic rings. The molecule has 2 amide bonds. The second-order valence-electron chi connectivity index (χ2n) is 6.76. The van der Waals surface area contributed by atoms with Crippen molar-refractivity contribution in [2.75, 3.05) is 23.5 Å². The zero-order valence-corrected chi connectivity index (χ0v) is 17.8. The van der Waals surface area contributed by atoms with E-state index in [2.05, 4.69) is 10.6 Å². The molecule has 0 bridgehead atoms. The molecule has 0 unspecified atom stereocenters. The van der Waals surface area contributed by atoms with Crippen LogP contribution in [0.2, 0.25) is 0 Å². The van der Waals surface area contributed by atoms with E-state index in [0.29, 0.717) is 28.5 Å². The maximum atomic E-state index is 12.3. The molecule has 0 spiro atoms. The lowest BCUT2D eigenvalue weighted by Gasteiger charge is -2.11. The lowest BCUT2D eigenvalue weighted by Crippen LogP contribution is -2.15. The Hall–Kier alpha value is -3.25. The summed E-state index contributed by atoms with van der Waals surface area (Å²) in [4.78, 5) is 24.6. The van der Waals surface area contributed by atoms with Crippen molar-refractivity contribution < 1.29 is 14.3 Å². The fourth-order valence-corrected chi connectivity index (χ4v) is 3.63. The summed E-state index contributed by atoms with van der Waals surface area (Å²) in [6, 6.07) is 22.4. The third-order valence-electron chi connectivity index (χ3n) is 4.38. The number of hydrogen-bond donors (Lipinski definition) is 2. The van der Waals surface area contributed by atoms with Gasteiger partial charge in [0.1, 0.15) is 5.75 Å². The zero-order chi connectivity index (χ0) is 21.3. The molecule has 0 fully saturated rings. The van der Waals surface area contributed by atoms with Crippen LogP contribution in [0.25, 0.3) is 0 Å². The van der Waals surface area contributed by atoms with Crippen molar-refractivity contribution in [2.24, 2.45) is 0 Å². The van der Waals surface area contributed by atoms with E-state index in [-0.39, 0.29) is 11.8 Å². The molecule has 0 radical (unpaired) electrons. The van der Waals surface area contributed by atoms with Crippen LogP contribution in [0.5, 0.6) is 5.75 Å². The first kappa shape index (κ1) is 21.5. The fourth-order valence-electron chi connectivity index (χ4n) is 2.84. The number of anilines is 2. The maximum Gasteiger partial charge on any atom is 0.255 e. The number of aryl methyl sites for hydroxylation is 1. The van der Waals surface area contributed by atoms with Crippen LogP contribution < -0.4 is 15.4 Å².